The van der Waals surface area contributed by atoms with E-state index in [2.05, 4.69) is 17.6 Å². The van der Waals surface area contributed by atoms with Gasteiger partial charge in [-0.3, -0.25) is 4.79 Å². The van der Waals surface area contributed by atoms with Gasteiger partial charge in [-0.05, 0) is 36.3 Å². The zero-order valence-electron chi connectivity index (χ0n) is 9.53. The van der Waals surface area contributed by atoms with Crippen LogP contribution in [0.5, 0.6) is 5.75 Å². The summed E-state index contributed by atoms with van der Waals surface area (Å²) >= 11 is 4.89. The Bertz CT molecular complexity index is 431. The number of thiocarbonyl (C=S) groups is 1. The van der Waals surface area contributed by atoms with E-state index in [1.807, 2.05) is 24.3 Å². The maximum absolute atomic E-state index is 11.5. The monoisotopic (exact) mass is 250 g/mol. The lowest BCUT2D eigenvalue weighted by Gasteiger charge is -2.09. The molecule has 0 bridgehead atoms. The lowest BCUT2D eigenvalue weighted by atomic mass is 10.1. The summed E-state index contributed by atoms with van der Waals surface area (Å²) in [4.78, 5) is 11.5. The molecule has 90 valence electrons. The van der Waals surface area contributed by atoms with Gasteiger partial charge in [-0.15, -0.1) is 0 Å². The quantitative estimate of drug-likeness (QED) is 0.796. The number of nitrogens with one attached hydrogen (secondary N) is 2. The predicted molar refractivity (Wildman–Crippen MR) is 68.8 cm³/mol. The summed E-state index contributed by atoms with van der Waals surface area (Å²) in [6.45, 7) is 2.76. The van der Waals surface area contributed by atoms with Gasteiger partial charge in [0.25, 0.3) is 5.91 Å². The number of hydrogen-bond donors (Lipinski definition) is 2. The van der Waals surface area contributed by atoms with Crippen LogP contribution in [0.25, 0.3) is 0 Å². The van der Waals surface area contributed by atoms with Crippen LogP contribution >= 0.6 is 12.2 Å². The van der Waals surface area contributed by atoms with Crippen molar-refractivity contribution in [2.45, 2.75) is 19.4 Å². The highest BCUT2D eigenvalue weighted by atomic mass is 32.1. The van der Waals surface area contributed by atoms with Crippen LogP contribution < -0.4 is 15.4 Å². The van der Waals surface area contributed by atoms with E-state index in [-0.39, 0.29) is 11.9 Å². The van der Waals surface area contributed by atoms with Gasteiger partial charge in [-0.2, -0.15) is 0 Å². The molecule has 4 nitrogen and oxygen atoms in total. The van der Waals surface area contributed by atoms with Crippen molar-refractivity contribution in [2.75, 3.05) is 6.61 Å². The fourth-order valence-corrected chi connectivity index (χ4v) is 1.85. The van der Waals surface area contributed by atoms with E-state index in [0.29, 0.717) is 11.7 Å². The van der Waals surface area contributed by atoms with Crippen molar-refractivity contribution in [3.05, 3.63) is 29.8 Å². The molecule has 0 radical (unpaired) electrons. The number of hydrogen-bond acceptors (Lipinski definition) is 3. The summed E-state index contributed by atoms with van der Waals surface area (Å²) < 4.78 is 5.47. The molecule has 1 heterocycles. The topological polar surface area (TPSA) is 50.4 Å². The minimum absolute atomic E-state index is 0.114. The second kappa shape index (κ2) is 5.14. The van der Waals surface area contributed by atoms with E-state index in [0.717, 1.165) is 17.7 Å². The predicted octanol–water partition coefficient (Wildman–Crippen LogP) is 1.52. The maximum atomic E-state index is 11.5. The van der Waals surface area contributed by atoms with Gasteiger partial charge >= 0.3 is 0 Å². The van der Waals surface area contributed by atoms with Gasteiger partial charge in [0.1, 0.15) is 11.8 Å². The van der Waals surface area contributed by atoms with Gasteiger partial charge in [0, 0.05) is 0 Å². The van der Waals surface area contributed by atoms with Crippen LogP contribution in [0, 0.1) is 0 Å². The number of benzene rings is 1. The molecule has 1 saturated heterocycles. The number of carbonyl (C=O) groups is 1. The van der Waals surface area contributed by atoms with E-state index in [9.17, 15) is 4.79 Å². The molecule has 0 spiro atoms. The lowest BCUT2D eigenvalue weighted by molar-refractivity contribution is -0.120. The average Bonchev–Trinajstić information content (AvgIpc) is 2.66. The van der Waals surface area contributed by atoms with Crippen LogP contribution in [-0.2, 0) is 4.79 Å². The van der Waals surface area contributed by atoms with Gasteiger partial charge in [-0.1, -0.05) is 19.1 Å². The third-order valence-corrected chi connectivity index (χ3v) is 2.68. The summed E-state index contributed by atoms with van der Waals surface area (Å²) in [5, 5.41) is 5.86. The molecular weight excluding hydrogens is 236 g/mol. The summed E-state index contributed by atoms with van der Waals surface area (Å²) in [7, 11) is 0. The van der Waals surface area contributed by atoms with Crippen molar-refractivity contribution >= 4 is 23.2 Å². The van der Waals surface area contributed by atoms with Crippen LogP contribution in [-0.4, -0.2) is 17.6 Å². The maximum Gasteiger partial charge on any atom is 0.253 e. The molecule has 1 amide bonds. The fraction of sp³-hybridized carbons (Fsp3) is 0.333. The molecule has 0 aliphatic carbocycles. The molecule has 0 aromatic heterocycles. The van der Waals surface area contributed by atoms with Gasteiger partial charge in [0.15, 0.2) is 5.11 Å². The van der Waals surface area contributed by atoms with Crippen molar-refractivity contribution in [1.29, 1.82) is 0 Å². The zero-order chi connectivity index (χ0) is 12.3. The number of carbonyl (C=O) groups excluding carboxylic acids is 1. The average molecular weight is 250 g/mol. The summed E-state index contributed by atoms with van der Waals surface area (Å²) in [6.07, 6.45) is 0.975. The normalized spacial score (nSPS) is 18.8. The molecule has 1 aromatic carbocycles. The first-order valence-corrected chi connectivity index (χ1v) is 5.95. The Morgan fingerprint density at radius 3 is 2.59 bits per heavy atom. The molecule has 1 fully saturated rings. The van der Waals surface area contributed by atoms with E-state index >= 15 is 0 Å². The second-order valence-corrected chi connectivity index (χ2v) is 4.22. The van der Waals surface area contributed by atoms with E-state index in [1.165, 1.54) is 0 Å². The van der Waals surface area contributed by atoms with Crippen molar-refractivity contribution in [1.82, 2.24) is 10.6 Å². The van der Waals surface area contributed by atoms with Crippen LogP contribution in [0.15, 0.2) is 24.3 Å². The first kappa shape index (κ1) is 11.9. The van der Waals surface area contributed by atoms with Crippen LogP contribution in [0.1, 0.15) is 24.9 Å². The first-order chi connectivity index (χ1) is 8.20. The van der Waals surface area contributed by atoms with Crippen LogP contribution in [0.2, 0.25) is 0 Å². The Morgan fingerprint density at radius 1 is 1.35 bits per heavy atom. The molecule has 5 heteroatoms. The SMILES string of the molecule is CCCOc1ccc(C2NC(=S)NC2=O)cc1. The third kappa shape index (κ3) is 2.74. The molecule has 17 heavy (non-hydrogen) atoms. The second-order valence-electron chi connectivity index (χ2n) is 3.81. The molecule has 1 aromatic rings. The highest BCUT2D eigenvalue weighted by Gasteiger charge is 2.28. The Hall–Kier alpha value is -1.62. The molecule has 1 unspecified atom stereocenters. The highest BCUT2D eigenvalue weighted by molar-refractivity contribution is 7.80. The van der Waals surface area contributed by atoms with Gasteiger partial charge in [0.2, 0.25) is 0 Å². The lowest BCUT2D eigenvalue weighted by Crippen LogP contribution is -2.21. The van der Waals surface area contributed by atoms with Crippen LogP contribution in [0.4, 0.5) is 0 Å². The fourth-order valence-electron chi connectivity index (χ4n) is 1.63. The third-order valence-electron chi connectivity index (χ3n) is 2.46. The van der Waals surface area contributed by atoms with Crippen LogP contribution in [0.3, 0.4) is 0 Å². The van der Waals surface area contributed by atoms with Crippen molar-refractivity contribution in [2.24, 2.45) is 0 Å². The van der Waals surface area contributed by atoms with E-state index in [4.69, 9.17) is 17.0 Å². The number of amides is 1. The summed E-state index contributed by atoms with van der Waals surface area (Å²) in [5.41, 5.74) is 0.881. The van der Waals surface area contributed by atoms with Crippen molar-refractivity contribution in [3.63, 3.8) is 0 Å². The molecule has 0 saturated carbocycles. The van der Waals surface area contributed by atoms with Crippen molar-refractivity contribution < 1.29 is 9.53 Å². The molecule has 1 aliphatic heterocycles. The molecular formula is C12H14N2O2S. The van der Waals surface area contributed by atoms with Gasteiger partial charge < -0.3 is 15.4 Å². The Kier molecular flexibility index (Phi) is 3.58. The molecule has 2 N–H and O–H groups in total. The number of ether oxygens (including phenoxy) is 1. The Morgan fingerprint density at radius 2 is 2.06 bits per heavy atom. The van der Waals surface area contributed by atoms with E-state index in [1.54, 1.807) is 0 Å². The minimum Gasteiger partial charge on any atom is -0.494 e. The largest absolute Gasteiger partial charge is 0.494 e. The summed E-state index contributed by atoms with van der Waals surface area (Å²) in [6, 6.07) is 7.08. The highest BCUT2D eigenvalue weighted by Crippen LogP contribution is 2.20. The zero-order valence-corrected chi connectivity index (χ0v) is 10.3. The first-order valence-electron chi connectivity index (χ1n) is 5.55. The standard InChI is InChI=1S/C12H14N2O2S/c1-2-7-16-9-5-3-8(4-6-9)10-11(15)14-12(17)13-10/h3-6,10H,2,7H2,1H3,(H2,13,14,15,17). The Balaban J connectivity index is 2.07. The van der Waals surface area contributed by atoms with Crippen molar-refractivity contribution in [3.8, 4) is 5.75 Å². The van der Waals surface area contributed by atoms with Gasteiger partial charge in [-0.25, -0.2) is 0 Å². The van der Waals surface area contributed by atoms with E-state index < -0.39 is 0 Å². The Labute approximate surface area is 105 Å². The minimum atomic E-state index is -0.386. The summed E-state index contributed by atoms with van der Waals surface area (Å²) in [5.74, 6) is 0.703. The number of rotatable bonds is 4. The smallest absolute Gasteiger partial charge is 0.253 e. The van der Waals surface area contributed by atoms with Gasteiger partial charge in [0.05, 0.1) is 6.61 Å². The molecule has 1 atom stereocenters. The molecule has 2 rings (SSSR count). The molecule has 1 aliphatic rings.